The highest BCUT2D eigenvalue weighted by Gasteiger charge is 2.12. The van der Waals surface area contributed by atoms with Gasteiger partial charge in [-0.15, -0.1) is 0 Å². The molecule has 0 aliphatic carbocycles. The molecule has 0 spiro atoms. The summed E-state index contributed by atoms with van der Waals surface area (Å²) in [6, 6.07) is 7.58. The molecule has 0 saturated carbocycles. The molecule has 0 bridgehead atoms. The fourth-order valence-corrected chi connectivity index (χ4v) is 2.44. The molecule has 17 heavy (non-hydrogen) atoms. The standard InChI is InChI=1S/C13H20N2OS/c1-9(2)10(3)17-8-11-6-4-5-7-12(11)13(16)15-14/h4-7,9-10H,8,14H2,1-3H3,(H,15,16). The Labute approximate surface area is 107 Å². The van der Waals surface area contributed by atoms with Crippen LogP contribution in [-0.2, 0) is 5.75 Å². The first-order chi connectivity index (χ1) is 8.06. The van der Waals surface area contributed by atoms with Gasteiger partial charge in [0, 0.05) is 16.6 Å². The quantitative estimate of drug-likeness (QED) is 0.481. The average Bonchev–Trinajstić information content (AvgIpc) is 2.35. The molecule has 1 rings (SSSR count). The van der Waals surface area contributed by atoms with Crippen molar-refractivity contribution in [3.8, 4) is 0 Å². The van der Waals surface area contributed by atoms with Crippen molar-refractivity contribution in [1.29, 1.82) is 0 Å². The van der Waals surface area contributed by atoms with E-state index in [1.807, 2.05) is 30.0 Å². The van der Waals surface area contributed by atoms with Gasteiger partial charge in [-0.1, -0.05) is 39.0 Å². The number of amides is 1. The van der Waals surface area contributed by atoms with Gasteiger partial charge in [-0.3, -0.25) is 10.2 Å². The SMILES string of the molecule is CC(C)C(C)SCc1ccccc1C(=O)NN. The van der Waals surface area contributed by atoms with Gasteiger partial charge in [0.15, 0.2) is 0 Å². The number of nitrogens with one attached hydrogen (secondary N) is 1. The van der Waals surface area contributed by atoms with Gasteiger partial charge in [-0.25, -0.2) is 5.84 Å². The first-order valence-corrected chi connectivity index (χ1v) is 6.81. The van der Waals surface area contributed by atoms with Crippen molar-refractivity contribution < 1.29 is 4.79 Å². The van der Waals surface area contributed by atoms with Crippen molar-refractivity contribution in [2.75, 3.05) is 0 Å². The molecule has 0 aliphatic rings. The Morgan fingerprint density at radius 2 is 2.00 bits per heavy atom. The van der Waals surface area contributed by atoms with Crippen LogP contribution in [0.15, 0.2) is 24.3 Å². The molecular formula is C13H20N2OS. The summed E-state index contributed by atoms with van der Waals surface area (Å²) in [4.78, 5) is 11.6. The van der Waals surface area contributed by atoms with Crippen LogP contribution < -0.4 is 11.3 Å². The maximum Gasteiger partial charge on any atom is 0.265 e. The number of carbonyl (C=O) groups excluding carboxylic acids is 1. The zero-order chi connectivity index (χ0) is 12.8. The molecule has 0 heterocycles. The Kier molecular flexibility index (Phi) is 5.51. The lowest BCUT2D eigenvalue weighted by molar-refractivity contribution is 0.0953. The van der Waals surface area contributed by atoms with Crippen molar-refractivity contribution >= 4 is 17.7 Å². The molecule has 1 aromatic carbocycles. The van der Waals surface area contributed by atoms with Crippen molar-refractivity contribution in [3.05, 3.63) is 35.4 Å². The molecular weight excluding hydrogens is 232 g/mol. The van der Waals surface area contributed by atoms with Crippen LogP contribution in [0, 0.1) is 5.92 Å². The third kappa shape index (κ3) is 4.06. The van der Waals surface area contributed by atoms with Crippen LogP contribution in [0.4, 0.5) is 0 Å². The number of thioether (sulfide) groups is 1. The minimum absolute atomic E-state index is 0.224. The second-order valence-electron chi connectivity index (χ2n) is 4.39. The third-order valence-corrected chi connectivity index (χ3v) is 4.38. The maximum absolute atomic E-state index is 11.6. The highest BCUT2D eigenvalue weighted by atomic mass is 32.2. The summed E-state index contributed by atoms with van der Waals surface area (Å²) in [6.07, 6.45) is 0. The zero-order valence-corrected chi connectivity index (χ0v) is 11.4. The highest BCUT2D eigenvalue weighted by molar-refractivity contribution is 7.99. The number of hydrogen-bond acceptors (Lipinski definition) is 3. The summed E-state index contributed by atoms with van der Waals surface area (Å²) in [5.74, 6) is 6.42. The van der Waals surface area contributed by atoms with Crippen LogP contribution in [0.5, 0.6) is 0 Å². The number of carbonyl (C=O) groups is 1. The maximum atomic E-state index is 11.6. The smallest absolute Gasteiger partial charge is 0.265 e. The number of rotatable bonds is 5. The molecule has 94 valence electrons. The van der Waals surface area contributed by atoms with E-state index in [0.717, 1.165) is 11.3 Å². The summed E-state index contributed by atoms with van der Waals surface area (Å²) < 4.78 is 0. The van der Waals surface area contributed by atoms with Gasteiger partial charge in [-0.2, -0.15) is 11.8 Å². The zero-order valence-electron chi connectivity index (χ0n) is 10.6. The molecule has 1 amide bonds. The summed E-state index contributed by atoms with van der Waals surface area (Å²) >= 11 is 1.86. The highest BCUT2D eigenvalue weighted by Crippen LogP contribution is 2.24. The van der Waals surface area contributed by atoms with Crippen LogP contribution in [0.3, 0.4) is 0 Å². The fraction of sp³-hybridized carbons (Fsp3) is 0.462. The molecule has 1 aromatic rings. The van der Waals surface area contributed by atoms with E-state index in [1.54, 1.807) is 6.07 Å². The molecule has 1 atom stereocenters. The van der Waals surface area contributed by atoms with Crippen molar-refractivity contribution in [1.82, 2.24) is 5.43 Å². The minimum Gasteiger partial charge on any atom is -0.290 e. The summed E-state index contributed by atoms with van der Waals surface area (Å²) in [6.45, 7) is 6.62. The van der Waals surface area contributed by atoms with Gasteiger partial charge < -0.3 is 0 Å². The second-order valence-corrected chi connectivity index (χ2v) is 5.76. The van der Waals surface area contributed by atoms with Gasteiger partial charge >= 0.3 is 0 Å². The number of nitrogens with two attached hydrogens (primary N) is 1. The van der Waals surface area contributed by atoms with Crippen molar-refractivity contribution in [3.63, 3.8) is 0 Å². The van der Waals surface area contributed by atoms with Crippen LogP contribution in [0.2, 0.25) is 0 Å². The lowest BCUT2D eigenvalue weighted by atomic mass is 10.1. The first-order valence-electron chi connectivity index (χ1n) is 5.76. The van der Waals surface area contributed by atoms with Gasteiger partial charge in [0.2, 0.25) is 0 Å². The van der Waals surface area contributed by atoms with E-state index in [4.69, 9.17) is 5.84 Å². The van der Waals surface area contributed by atoms with E-state index in [2.05, 4.69) is 26.2 Å². The van der Waals surface area contributed by atoms with Gasteiger partial charge in [0.1, 0.15) is 0 Å². The van der Waals surface area contributed by atoms with E-state index in [9.17, 15) is 4.79 Å². The van der Waals surface area contributed by atoms with E-state index in [0.29, 0.717) is 16.7 Å². The monoisotopic (exact) mass is 252 g/mol. The second kappa shape index (κ2) is 6.67. The van der Waals surface area contributed by atoms with Gasteiger partial charge in [-0.05, 0) is 17.5 Å². The van der Waals surface area contributed by atoms with Crippen LogP contribution in [-0.4, -0.2) is 11.2 Å². The Morgan fingerprint density at radius 3 is 2.59 bits per heavy atom. The minimum atomic E-state index is -0.224. The van der Waals surface area contributed by atoms with Crippen molar-refractivity contribution in [2.45, 2.75) is 31.8 Å². The van der Waals surface area contributed by atoms with E-state index in [-0.39, 0.29) is 5.91 Å². The molecule has 0 aromatic heterocycles. The van der Waals surface area contributed by atoms with Crippen LogP contribution >= 0.6 is 11.8 Å². The predicted octanol–water partition coefficient (Wildman–Crippen LogP) is 2.57. The largest absolute Gasteiger partial charge is 0.290 e. The average molecular weight is 252 g/mol. The van der Waals surface area contributed by atoms with E-state index < -0.39 is 0 Å². The lowest BCUT2D eigenvalue weighted by Gasteiger charge is -2.16. The third-order valence-electron chi connectivity index (χ3n) is 2.83. The predicted molar refractivity (Wildman–Crippen MR) is 73.7 cm³/mol. The molecule has 1 unspecified atom stereocenters. The Morgan fingerprint density at radius 1 is 1.35 bits per heavy atom. The molecule has 0 fully saturated rings. The Hall–Kier alpha value is -1.00. The number of hydrogen-bond donors (Lipinski definition) is 2. The summed E-state index contributed by atoms with van der Waals surface area (Å²) in [7, 11) is 0. The first kappa shape index (κ1) is 14.1. The number of nitrogen functional groups attached to an aromatic ring is 1. The number of hydrazine groups is 1. The van der Waals surface area contributed by atoms with Crippen LogP contribution in [0.1, 0.15) is 36.7 Å². The number of benzene rings is 1. The fourth-order valence-electron chi connectivity index (χ4n) is 1.36. The van der Waals surface area contributed by atoms with Gasteiger partial charge in [0.25, 0.3) is 5.91 Å². The van der Waals surface area contributed by atoms with Crippen LogP contribution in [0.25, 0.3) is 0 Å². The molecule has 0 aliphatic heterocycles. The topological polar surface area (TPSA) is 55.1 Å². The summed E-state index contributed by atoms with van der Waals surface area (Å²) in [5, 5.41) is 0.573. The normalized spacial score (nSPS) is 12.5. The Balaban J connectivity index is 2.74. The van der Waals surface area contributed by atoms with Gasteiger partial charge in [0.05, 0.1) is 0 Å². The Bertz CT molecular complexity index is 379. The lowest BCUT2D eigenvalue weighted by Crippen LogP contribution is -2.30. The molecule has 4 heteroatoms. The molecule has 0 radical (unpaired) electrons. The molecule has 3 nitrogen and oxygen atoms in total. The van der Waals surface area contributed by atoms with Crippen molar-refractivity contribution in [2.24, 2.45) is 11.8 Å². The summed E-state index contributed by atoms with van der Waals surface area (Å²) in [5.41, 5.74) is 3.88. The van der Waals surface area contributed by atoms with E-state index in [1.165, 1.54) is 0 Å². The molecule has 0 saturated heterocycles. The molecule has 3 N–H and O–H groups in total. The van der Waals surface area contributed by atoms with E-state index >= 15 is 0 Å².